The molecule has 4 nitrogen and oxygen atoms in total. The number of hydrogen-bond acceptors (Lipinski definition) is 3. The summed E-state index contributed by atoms with van der Waals surface area (Å²) in [6.07, 6.45) is 7.50. The number of rotatable bonds is 4. The van der Waals surface area contributed by atoms with Gasteiger partial charge in [0.1, 0.15) is 6.10 Å². The summed E-state index contributed by atoms with van der Waals surface area (Å²) in [4.78, 5) is 22.5. The summed E-state index contributed by atoms with van der Waals surface area (Å²) in [7, 11) is 0. The Labute approximate surface area is 108 Å². The lowest BCUT2D eigenvalue weighted by Crippen LogP contribution is -2.26. The van der Waals surface area contributed by atoms with Gasteiger partial charge in [0.15, 0.2) is 0 Å². The molecule has 0 spiro atoms. The van der Waals surface area contributed by atoms with Crippen molar-refractivity contribution in [1.82, 2.24) is 0 Å². The van der Waals surface area contributed by atoms with Gasteiger partial charge in [-0.15, -0.1) is 0 Å². The molecular weight excluding hydrogens is 232 g/mol. The molecule has 0 heterocycles. The van der Waals surface area contributed by atoms with E-state index in [1.807, 2.05) is 0 Å². The number of esters is 1. The first-order valence-corrected chi connectivity index (χ1v) is 6.65. The molecule has 1 atom stereocenters. The van der Waals surface area contributed by atoms with Crippen molar-refractivity contribution in [3.8, 4) is 0 Å². The van der Waals surface area contributed by atoms with Crippen LogP contribution in [0.1, 0.15) is 51.9 Å². The second-order valence-electron chi connectivity index (χ2n) is 4.96. The lowest BCUT2D eigenvalue weighted by atomic mass is 9.98. The Morgan fingerprint density at radius 2 is 1.67 bits per heavy atom. The molecule has 0 radical (unpaired) electrons. The molecule has 1 unspecified atom stereocenters. The molecule has 0 aromatic rings. The van der Waals surface area contributed by atoms with Gasteiger partial charge in [0.05, 0.1) is 5.92 Å². The Morgan fingerprint density at radius 1 is 1.17 bits per heavy atom. The normalized spacial score (nSPS) is 19.4. The Hall–Kier alpha value is -1.32. The zero-order chi connectivity index (χ0) is 13.5. The fourth-order valence-corrected chi connectivity index (χ4v) is 2.13. The number of carbonyl (C=O) groups excluding carboxylic acids is 1. The first-order chi connectivity index (χ1) is 8.52. The van der Waals surface area contributed by atoms with Crippen molar-refractivity contribution < 1.29 is 19.4 Å². The van der Waals surface area contributed by atoms with Crippen LogP contribution >= 0.6 is 0 Å². The summed E-state index contributed by atoms with van der Waals surface area (Å²) in [5.74, 6) is -2.38. The molecule has 1 N–H and O–H groups in total. The van der Waals surface area contributed by atoms with Crippen molar-refractivity contribution in [1.29, 1.82) is 0 Å². The summed E-state index contributed by atoms with van der Waals surface area (Å²) in [6.45, 7) is 4.93. The third-order valence-corrected chi connectivity index (χ3v) is 3.49. The predicted molar refractivity (Wildman–Crippen MR) is 68.1 cm³/mol. The SMILES string of the molecule is C=C(C(=O)O)C(C)C(=O)OC1CCCCCCC1. The standard InChI is InChI=1S/C14H22O4/c1-10(13(15)16)11(2)14(17)18-12-8-6-4-3-5-7-9-12/h11-12H,1,3-9H2,2H3,(H,15,16). The fraction of sp³-hybridized carbons (Fsp3) is 0.714. The zero-order valence-corrected chi connectivity index (χ0v) is 11.0. The highest BCUT2D eigenvalue weighted by atomic mass is 16.5. The highest BCUT2D eigenvalue weighted by molar-refractivity contribution is 5.93. The number of carboxylic acids is 1. The topological polar surface area (TPSA) is 63.6 Å². The van der Waals surface area contributed by atoms with Crippen molar-refractivity contribution in [3.05, 3.63) is 12.2 Å². The van der Waals surface area contributed by atoms with E-state index < -0.39 is 17.9 Å². The zero-order valence-electron chi connectivity index (χ0n) is 11.0. The predicted octanol–water partition coefficient (Wildman–Crippen LogP) is 2.92. The van der Waals surface area contributed by atoms with Gasteiger partial charge in [0.2, 0.25) is 0 Å². The van der Waals surface area contributed by atoms with Gasteiger partial charge >= 0.3 is 11.9 Å². The molecule has 4 heteroatoms. The van der Waals surface area contributed by atoms with Crippen molar-refractivity contribution in [2.45, 2.75) is 58.0 Å². The van der Waals surface area contributed by atoms with Crippen molar-refractivity contribution >= 4 is 11.9 Å². The van der Waals surface area contributed by atoms with Crippen LogP contribution in [0.5, 0.6) is 0 Å². The van der Waals surface area contributed by atoms with Crippen LogP contribution in [0.15, 0.2) is 12.2 Å². The molecule has 1 saturated carbocycles. The summed E-state index contributed by atoms with van der Waals surface area (Å²) in [5.41, 5.74) is -0.106. The van der Waals surface area contributed by atoms with Crippen LogP contribution in [-0.2, 0) is 14.3 Å². The Bertz CT molecular complexity index is 314. The van der Waals surface area contributed by atoms with Crippen molar-refractivity contribution in [3.63, 3.8) is 0 Å². The average molecular weight is 254 g/mol. The third kappa shape index (κ3) is 4.51. The van der Waals surface area contributed by atoms with Gasteiger partial charge in [-0.3, -0.25) is 4.79 Å². The molecule has 0 bridgehead atoms. The molecule has 0 amide bonds. The van der Waals surface area contributed by atoms with Gasteiger partial charge in [0, 0.05) is 5.57 Å². The second kappa shape index (κ2) is 7.19. The maximum atomic E-state index is 11.8. The van der Waals surface area contributed by atoms with E-state index >= 15 is 0 Å². The average Bonchev–Trinajstić information content (AvgIpc) is 2.30. The Balaban J connectivity index is 2.46. The smallest absolute Gasteiger partial charge is 0.331 e. The molecule has 0 aromatic carbocycles. The second-order valence-corrected chi connectivity index (χ2v) is 4.96. The minimum atomic E-state index is -1.14. The van der Waals surface area contributed by atoms with E-state index in [9.17, 15) is 9.59 Å². The maximum Gasteiger partial charge on any atom is 0.331 e. The number of carbonyl (C=O) groups is 2. The van der Waals surface area contributed by atoms with E-state index in [2.05, 4.69) is 6.58 Å². The highest BCUT2D eigenvalue weighted by Gasteiger charge is 2.25. The van der Waals surface area contributed by atoms with Gasteiger partial charge in [-0.2, -0.15) is 0 Å². The van der Waals surface area contributed by atoms with E-state index in [0.29, 0.717) is 0 Å². The quantitative estimate of drug-likeness (QED) is 0.619. The maximum absolute atomic E-state index is 11.8. The lowest BCUT2D eigenvalue weighted by Gasteiger charge is -2.22. The van der Waals surface area contributed by atoms with Gasteiger partial charge in [-0.05, 0) is 32.6 Å². The molecule has 1 aliphatic rings. The van der Waals surface area contributed by atoms with E-state index in [-0.39, 0.29) is 11.7 Å². The van der Waals surface area contributed by atoms with Crippen molar-refractivity contribution in [2.75, 3.05) is 0 Å². The summed E-state index contributed by atoms with van der Waals surface area (Å²) >= 11 is 0. The summed E-state index contributed by atoms with van der Waals surface area (Å²) in [5, 5.41) is 8.78. The van der Waals surface area contributed by atoms with Gasteiger partial charge < -0.3 is 9.84 Å². The first-order valence-electron chi connectivity index (χ1n) is 6.65. The number of carboxylic acid groups (broad SMARTS) is 1. The molecule has 0 aromatic heterocycles. The minimum absolute atomic E-state index is 0.0538. The first kappa shape index (κ1) is 14.7. The molecule has 0 saturated heterocycles. The third-order valence-electron chi connectivity index (χ3n) is 3.49. The minimum Gasteiger partial charge on any atom is -0.478 e. The molecule has 1 fully saturated rings. The van der Waals surface area contributed by atoms with Crippen molar-refractivity contribution in [2.24, 2.45) is 5.92 Å². The van der Waals surface area contributed by atoms with Gasteiger partial charge in [0.25, 0.3) is 0 Å². The Morgan fingerprint density at radius 3 is 2.17 bits per heavy atom. The van der Waals surface area contributed by atoms with Gasteiger partial charge in [-0.25, -0.2) is 4.79 Å². The number of ether oxygens (including phenoxy) is 1. The van der Waals surface area contributed by atoms with E-state index in [0.717, 1.165) is 25.7 Å². The van der Waals surface area contributed by atoms with Gasteiger partial charge in [-0.1, -0.05) is 25.8 Å². The van der Waals surface area contributed by atoms with Crippen LogP contribution in [-0.4, -0.2) is 23.1 Å². The van der Waals surface area contributed by atoms with Crippen LogP contribution < -0.4 is 0 Å². The summed E-state index contributed by atoms with van der Waals surface area (Å²) in [6, 6.07) is 0. The van der Waals surface area contributed by atoms with E-state index in [1.54, 1.807) is 0 Å². The monoisotopic (exact) mass is 254 g/mol. The van der Waals surface area contributed by atoms with Crippen LogP contribution in [0, 0.1) is 5.92 Å². The van der Waals surface area contributed by atoms with E-state index in [1.165, 1.54) is 26.2 Å². The summed E-state index contributed by atoms with van der Waals surface area (Å²) < 4.78 is 5.40. The van der Waals surface area contributed by atoms with E-state index in [4.69, 9.17) is 9.84 Å². The van der Waals surface area contributed by atoms with Crippen LogP contribution in [0.25, 0.3) is 0 Å². The lowest BCUT2D eigenvalue weighted by molar-refractivity contribution is -0.154. The fourth-order valence-electron chi connectivity index (χ4n) is 2.13. The molecule has 18 heavy (non-hydrogen) atoms. The number of hydrogen-bond donors (Lipinski definition) is 1. The highest BCUT2D eigenvalue weighted by Crippen LogP contribution is 2.21. The largest absolute Gasteiger partial charge is 0.478 e. The van der Waals surface area contributed by atoms with Crippen LogP contribution in [0.2, 0.25) is 0 Å². The number of aliphatic carboxylic acids is 1. The molecular formula is C14H22O4. The van der Waals surface area contributed by atoms with Crippen LogP contribution in [0.3, 0.4) is 0 Å². The molecule has 102 valence electrons. The molecule has 1 aliphatic carbocycles. The van der Waals surface area contributed by atoms with Crippen LogP contribution in [0.4, 0.5) is 0 Å². The molecule has 0 aliphatic heterocycles. The molecule has 1 rings (SSSR count). The Kier molecular flexibility index (Phi) is 5.89.